The van der Waals surface area contributed by atoms with E-state index in [4.69, 9.17) is 21.7 Å². The predicted octanol–water partition coefficient (Wildman–Crippen LogP) is 5.66. The molecule has 1 aliphatic heterocycles. The van der Waals surface area contributed by atoms with Gasteiger partial charge in [0.2, 0.25) is 0 Å². The fourth-order valence-electron chi connectivity index (χ4n) is 2.85. The molecule has 0 N–H and O–H groups in total. The highest BCUT2D eigenvalue weighted by Crippen LogP contribution is 2.31. The second kappa shape index (κ2) is 9.67. The topological polar surface area (TPSA) is 38.8 Å². The van der Waals surface area contributed by atoms with Gasteiger partial charge in [0.1, 0.15) is 15.8 Å². The lowest BCUT2D eigenvalue weighted by molar-refractivity contribution is -0.121. The molecule has 1 amide bonds. The molecule has 0 spiro atoms. The van der Waals surface area contributed by atoms with Gasteiger partial charge in [0, 0.05) is 13.5 Å². The molecule has 1 heterocycles. The second-order valence-electron chi connectivity index (χ2n) is 8.13. The molecule has 0 saturated carbocycles. The van der Waals surface area contributed by atoms with Crippen LogP contribution in [0.25, 0.3) is 6.08 Å². The van der Waals surface area contributed by atoms with Crippen LogP contribution < -0.4 is 9.47 Å². The van der Waals surface area contributed by atoms with Gasteiger partial charge in [0.25, 0.3) is 5.91 Å². The van der Waals surface area contributed by atoms with Crippen LogP contribution in [0.4, 0.5) is 0 Å². The number of ether oxygens (including phenoxy) is 2. The monoisotopic (exact) mass is 441 g/mol. The standard InChI is InChI=1S/C24H27NO3S2/c1-24(2,3)18-8-12-20(13-9-18)28-15-5-14-27-19-10-6-17(7-11-19)16-21-22(26)25(4)23(29)30-21/h6-13,16H,5,14-15H2,1-4H3/b21-16-. The fraction of sp³-hybridized carbons (Fsp3) is 0.333. The minimum atomic E-state index is -0.0571. The molecular formula is C24H27NO3S2. The van der Waals surface area contributed by atoms with Crippen LogP contribution >= 0.6 is 24.0 Å². The summed E-state index contributed by atoms with van der Waals surface area (Å²) in [6, 6.07) is 16.0. The van der Waals surface area contributed by atoms with E-state index in [-0.39, 0.29) is 11.3 Å². The second-order valence-corrected chi connectivity index (χ2v) is 9.81. The highest BCUT2D eigenvalue weighted by Gasteiger charge is 2.28. The molecule has 2 aromatic rings. The van der Waals surface area contributed by atoms with Gasteiger partial charge in [0.15, 0.2) is 0 Å². The van der Waals surface area contributed by atoms with Gasteiger partial charge < -0.3 is 9.47 Å². The van der Waals surface area contributed by atoms with Crippen LogP contribution in [0.1, 0.15) is 38.3 Å². The molecule has 30 heavy (non-hydrogen) atoms. The van der Waals surface area contributed by atoms with Crippen molar-refractivity contribution in [3.05, 3.63) is 64.6 Å². The minimum absolute atomic E-state index is 0.0571. The first-order valence-electron chi connectivity index (χ1n) is 9.92. The molecule has 0 aromatic heterocycles. The predicted molar refractivity (Wildman–Crippen MR) is 128 cm³/mol. The van der Waals surface area contributed by atoms with Crippen molar-refractivity contribution in [3.8, 4) is 11.5 Å². The van der Waals surface area contributed by atoms with E-state index >= 15 is 0 Å². The maximum absolute atomic E-state index is 12.1. The molecule has 0 radical (unpaired) electrons. The summed E-state index contributed by atoms with van der Waals surface area (Å²) in [7, 11) is 1.69. The van der Waals surface area contributed by atoms with Gasteiger partial charge in [-0.15, -0.1) is 0 Å². The molecule has 0 aliphatic carbocycles. The first kappa shape index (κ1) is 22.4. The summed E-state index contributed by atoms with van der Waals surface area (Å²) < 4.78 is 12.2. The number of nitrogens with zero attached hydrogens (tertiary/aromatic N) is 1. The lowest BCUT2D eigenvalue weighted by atomic mass is 9.87. The molecule has 4 nitrogen and oxygen atoms in total. The lowest BCUT2D eigenvalue weighted by Crippen LogP contribution is -2.22. The van der Waals surface area contributed by atoms with Gasteiger partial charge in [-0.05, 0) is 46.9 Å². The van der Waals surface area contributed by atoms with Gasteiger partial charge in [0.05, 0.1) is 18.1 Å². The van der Waals surface area contributed by atoms with E-state index in [1.165, 1.54) is 22.2 Å². The van der Waals surface area contributed by atoms with E-state index in [2.05, 4.69) is 32.9 Å². The van der Waals surface area contributed by atoms with Gasteiger partial charge in [-0.3, -0.25) is 9.69 Å². The highest BCUT2D eigenvalue weighted by atomic mass is 32.2. The Kier molecular flexibility index (Phi) is 7.21. The molecule has 2 aromatic carbocycles. The van der Waals surface area contributed by atoms with Crippen LogP contribution in [0.15, 0.2) is 53.4 Å². The average Bonchev–Trinajstić information content (AvgIpc) is 2.95. The van der Waals surface area contributed by atoms with Crippen LogP contribution in [0.5, 0.6) is 11.5 Å². The molecule has 158 valence electrons. The number of likely N-dealkylation sites (N-methyl/N-ethyl adjacent to an activating group) is 1. The van der Waals surface area contributed by atoms with Gasteiger partial charge in [-0.2, -0.15) is 0 Å². The van der Waals surface area contributed by atoms with E-state index in [0.29, 0.717) is 22.4 Å². The Labute approximate surface area is 188 Å². The molecule has 0 unspecified atom stereocenters. The molecular weight excluding hydrogens is 414 g/mol. The Bertz CT molecular complexity index is 928. The number of thioether (sulfide) groups is 1. The van der Waals surface area contributed by atoms with E-state index < -0.39 is 0 Å². The zero-order valence-electron chi connectivity index (χ0n) is 17.8. The SMILES string of the molecule is CN1C(=O)/C(=C/c2ccc(OCCCOc3ccc(C(C)(C)C)cc3)cc2)SC1=S. The Morgan fingerprint density at radius 1 is 0.967 bits per heavy atom. The number of hydrogen-bond acceptors (Lipinski definition) is 5. The summed E-state index contributed by atoms with van der Waals surface area (Å²) in [5, 5.41) is 0. The molecule has 3 rings (SSSR count). The Hall–Kier alpha value is -2.31. The minimum Gasteiger partial charge on any atom is -0.493 e. The van der Waals surface area contributed by atoms with Crippen molar-refractivity contribution in [2.45, 2.75) is 32.6 Å². The van der Waals surface area contributed by atoms with Gasteiger partial charge >= 0.3 is 0 Å². The zero-order valence-corrected chi connectivity index (χ0v) is 19.4. The van der Waals surface area contributed by atoms with Crippen molar-refractivity contribution in [2.24, 2.45) is 0 Å². The highest BCUT2D eigenvalue weighted by molar-refractivity contribution is 8.26. The van der Waals surface area contributed by atoms with Crippen LogP contribution in [0.3, 0.4) is 0 Å². The van der Waals surface area contributed by atoms with Gasteiger partial charge in [-0.1, -0.05) is 69.0 Å². The lowest BCUT2D eigenvalue weighted by Gasteiger charge is -2.19. The van der Waals surface area contributed by atoms with Crippen LogP contribution in [0.2, 0.25) is 0 Å². The molecule has 1 saturated heterocycles. The molecule has 6 heteroatoms. The Balaban J connectivity index is 1.42. The maximum atomic E-state index is 12.1. The summed E-state index contributed by atoms with van der Waals surface area (Å²) in [6.07, 6.45) is 2.65. The van der Waals surface area contributed by atoms with Crippen molar-refractivity contribution >= 4 is 40.3 Å². The number of benzene rings is 2. The third kappa shape index (κ3) is 5.86. The summed E-state index contributed by atoms with van der Waals surface area (Å²) >= 11 is 6.47. The van der Waals surface area contributed by atoms with Crippen molar-refractivity contribution < 1.29 is 14.3 Å². The van der Waals surface area contributed by atoms with Gasteiger partial charge in [-0.25, -0.2) is 0 Å². The summed E-state index contributed by atoms with van der Waals surface area (Å²) in [6.45, 7) is 7.78. The van der Waals surface area contributed by atoms with E-state index in [9.17, 15) is 4.79 Å². The quantitative estimate of drug-likeness (QED) is 0.315. The van der Waals surface area contributed by atoms with Crippen LogP contribution in [-0.4, -0.2) is 35.4 Å². The largest absolute Gasteiger partial charge is 0.493 e. The van der Waals surface area contributed by atoms with Crippen LogP contribution in [0, 0.1) is 0 Å². The molecule has 0 atom stereocenters. The van der Waals surface area contributed by atoms with E-state index in [1.54, 1.807) is 7.05 Å². The first-order chi connectivity index (χ1) is 14.2. The van der Waals surface area contributed by atoms with Crippen molar-refractivity contribution in [3.63, 3.8) is 0 Å². The van der Waals surface area contributed by atoms with E-state index in [0.717, 1.165) is 23.5 Å². The summed E-state index contributed by atoms with van der Waals surface area (Å²) in [4.78, 5) is 14.2. The first-order valence-corrected chi connectivity index (χ1v) is 11.1. The number of hydrogen-bond donors (Lipinski definition) is 0. The zero-order chi connectivity index (χ0) is 21.7. The van der Waals surface area contributed by atoms with E-state index in [1.807, 2.05) is 42.5 Å². The Morgan fingerprint density at radius 2 is 1.50 bits per heavy atom. The van der Waals surface area contributed by atoms with Crippen molar-refractivity contribution in [2.75, 3.05) is 20.3 Å². The number of amides is 1. The average molecular weight is 442 g/mol. The number of thiocarbonyl (C=S) groups is 1. The number of rotatable bonds is 7. The summed E-state index contributed by atoms with van der Waals surface area (Å²) in [5.74, 6) is 1.62. The summed E-state index contributed by atoms with van der Waals surface area (Å²) in [5.41, 5.74) is 2.38. The normalized spacial score (nSPS) is 15.7. The molecule has 1 fully saturated rings. The molecule has 0 bridgehead atoms. The molecule has 1 aliphatic rings. The van der Waals surface area contributed by atoms with Crippen molar-refractivity contribution in [1.29, 1.82) is 0 Å². The third-order valence-corrected chi connectivity index (χ3v) is 6.20. The smallest absolute Gasteiger partial charge is 0.265 e. The number of carbonyl (C=O) groups excluding carboxylic acids is 1. The fourth-order valence-corrected chi connectivity index (χ4v) is 4.03. The van der Waals surface area contributed by atoms with Crippen molar-refractivity contribution in [1.82, 2.24) is 4.90 Å². The Morgan fingerprint density at radius 3 is 1.97 bits per heavy atom. The number of carbonyl (C=O) groups is 1. The van der Waals surface area contributed by atoms with Crippen LogP contribution in [-0.2, 0) is 10.2 Å². The maximum Gasteiger partial charge on any atom is 0.265 e. The third-order valence-electron chi connectivity index (χ3n) is 4.71.